The summed E-state index contributed by atoms with van der Waals surface area (Å²) in [5.41, 5.74) is 4.13. The molecule has 0 radical (unpaired) electrons. The Kier molecular flexibility index (Phi) is 6.36. The maximum absolute atomic E-state index is 10.9. The summed E-state index contributed by atoms with van der Waals surface area (Å²) in [7, 11) is 6.28. The summed E-state index contributed by atoms with van der Waals surface area (Å²) in [4.78, 5) is 0. The van der Waals surface area contributed by atoms with E-state index in [4.69, 9.17) is 33.5 Å². The van der Waals surface area contributed by atoms with Gasteiger partial charge < -0.3 is 38.6 Å². The third kappa shape index (κ3) is 4.07. The van der Waals surface area contributed by atoms with Crippen LogP contribution >= 0.6 is 0 Å². The Morgan fingerprint density at radius 3 is 2.13 bits per heavy atom. The number of anilines is 1. The van der Waals surface area contributed by atoms with Crippen molar-refractivity contribution in [3.63, 3.8) is 0 Å². The van der Waals surface area contributed by atoms with E-state index in [1.165, 1.54) is 0 Å². The predicted molar refractivity (Wildman–Crippen MR) is 143 cm³/mol. The molecule has 3 aliphatic rings. The maximum Gasteiger partial charge on any atom is 0.231 e. The molecular formula is C29H30N2O8. The van der Waals surface area contributed by atoms with E-state index in [0.29, 0.717) is 35.3 Å². The maximum atomic E-state index is 10.9. The van der Waals surface area contributed by atoms with Crippen LogP contribution in [0.1, 0.15) is 22.6 Å². The molecule has 0 spiro atoms. The normalized spacial score (nSPS) is 20.8. The highest BCUT2D eigenvalue weighted by atomic mass is 16.7. The molecule has 2 N–H and O–H groups in total. The first-order chi connectivity index (χ1) is 19.0. The Bertz CT molecular complexity index is 1400. The molecule has 0 unspecified atom stereocenters. The molecule has 0 fully saturated rings. The van der Waals surface area contributed by atoms with Gasteiger partial charge in [0.1, 0.15) is 5.75 Å². The van der Waals surface area contributed by atoms with Crippen molar-refractivity contribution >= 4 is 11.4 Å². The third-order valence-electron chi connectivity index (χ3n) is 7.72. The van der Waals surface area contributed by atoms with Crippen LogP contribution in [0.4, 0.5) is 5.69 Å². The van der Waals surface area contributed by atoms with E-state index in [9.17, 15) is 10.2 Å². The molecule has 3 aromatic rings. The fraction of sp³-hybridized carbons (Fsp3) is 0.345. The molecule has 0 saturated heterocycles. The number of benzene rings is 3. The first-order valence-corrected chi connectivity index (χ1v) is 12.6. The first kappa shape index (κ1) is 25.1. The van der Waals surface area contributed by atoms with Crippen molar-refractivity contribution in [3.8, 4) is 34.5 Å². The lowest BCUT2D eigenvalue weighted by atomic mass is 9.65. The van der Waals surface area contributed by atoms with Gasteiger partial charge in [-0.25, -0.2) is 0 Å². The molecule has 3 atom stereocenters. The number of rotatable bonds is 7. The van der Waals surface area contributed by atoms with Gasteiger partial charge in [0.15, 0.2) is 29.3 Å². The molecule has 0 bridgehead atoms. The number of aliphatic hydroxyl groups excluding tert-OH is 1. The number of hydrogen-bond donors (Lipinski definition) is 2. The van der Waals surface area contributed by atoms with Crippen molar-refractivity contribution < 1.29 is 38.6 Å². The van der Waals surface area contributed by atoms with Crippen LogP contribution in [0, 0.1) is 11.8 Å². The highest BCUT2D eigenvalue weighted by Gasteiger charge is 2.49. The van der Waals surface area contributed by atoms with Gasteiger partial charge in [-0.2, -0.15) is 5.10 Å². The van der Waals surface area contributed by atoms with Gasteiger partial charge in [-0.1, -0.05) is 0 Å². The molecule has 204 valence electrons. The molecule has 10 heteroatoms. The smallest absolute Gasteiger partial charge is 0.231 e. The van der Waals surface area contributed by atoms with Gasteiger partial charge in [0.25, 0.3) is 0 Å². The average Bonchev–Trinajstić information content (AvgIpc) is 3.61. The summed E-state index contributed by atoms with van der Waals surface area (Å²) in [6, 6.07) is 15.2. The quantitative estimate of drug-likeness (QED) is 0.441. The zero-order chi connectivity index (χ0) is 27.3. The van der Waals surface area contributed by atoms with E-state index in [1.807, 2.05) is 53.5 Å². The average molecular weight is 535 g/mol. The van der Waals surface area contributed by atoms with Crippen LogP contribution in [0.5, 0.6) is 34.5 Å². The molecular weight excluding hydrogens is 504 g/mol. The van der Waals surface area contributed by atoms with E-state index < -0.39 is 18.1 Å². The van der Waals surface area contributed by atoms with Crippen molar-refractivity contribution in [2.24, 2.45) is 16.9 Å². The number of hydrogen-bond acceptors (Lipinski definition) is 10. The monoisotopic (exact) mass is 534 g/mol. The second-order valence-corrected chi connectivity index (χ2v) is 9.59. The van der Waals surface area contributed by atoms with Crippen molar-refractivity contribution in [2.75, 3.05) is 46.8 Å². The van der Waals surface area contributed by atoms with Crippen LogP contribution in [-0.4, -0.2) is 64.0 Å². The van der Waals surface area contributed by atoms with Gasteiger partial charge in [-0.05, 0) is 59.7 Å². The molecule has 3 aromatic carbocycles. The fourth-order valence-corrected chi connectivity index (χ4v) is 5.93. The molecule has 0 amide bonds. The van der Waals surface area contributed by atoms with Crippen molar-refractivity contribution in [2.45, 2.75) is 12.2 Å². The van der Waals surface area contributed by atoms with E-state index in [2.05, 4.69) is 0 Å². The van der Waals surface area contributed by atoms with E-state index in [1.54, 1.807) is 28.4 Å². The zero-order valence-electron chi connectivity index (χ0n) is 22.1. The Hall–Kier alpha value is -4.15. The third-order valence-corrected chi connectivity index (χ3v) is 7.72. The van der Waals surface area contributed by atoms with E-state index in [0.717, 1.165) is 33.8 Å². The highest BCUT2D eigenvalue weighted by Crippen LogP contribution is 2.53. The molecule has 6 rings (SSSR count). The Morgan fingerprint density at radius 1 is 0.872 bits per heavy atom. The van der Waals surface area contributed by atoms with E-state index >= 15 is 0 Å². The minimum absolute atomic E-state index is 0.118. The molecule has 0 saturated carbocycles. The van der Waals surface area contributed by atoms with Crippen LogP contribution < -0.4 is 33.4 Å². The lowest BCUT2D eigenvalue weighted by molar-refractivity contribution is -0.0971. The minimum Gasteiger partial charge on any atom is -0.497 e. The number of hydrazone groups is 1. The van der Waals surface area contributed by atoms with Gasteiger partial charge in [-0.3, -0.25) is 5.01 Å². The predicted octanol–water partition coefficient (Wildman–Crippen LogP) is 3.36. The summed E-state index contributed by atoms with van der Waals surface area (Å²) in [5.74, 6) is 1.99. The zero-order valence-corrected chi connectivity index (χ0v) is 22.1. The van der Waals surface area contributed by atoms with Crippen LogP contribution in [0.2, 0.25) is 0 Å². The van der Waals surface area contributed by atoms with Crippen molar-refractivity contribution in [3.05, 3.63) is 65.2 Å². The summed E-state index contributed by atoms with van der Waals surface area (Å²) >= 11 is 0. The Morgan fingerprint density at radius 2 is 1.54 bits per heavy atom. The van der Waals surface area contributed by atoms with Gasteiger partial charge >= 0.3 is 0 Å². The molecule has 1 aliphatic carbocycles. The molecule has 2 aliphatic heterocycles. The topological polar surface area (TPSA) is 111 Å². The largest absolute Gasteiger partial charge is 0.497 e. The number of fused-ring (bicyclic) bond motifs is 4. The number of aliphatic hydroxyl groups is 2. The Labute approximate surface area is 225 Å². The van der Waals surface area contributed by atoms with Gasteiger partial charge in [0, 0.05) is 23.3 Å². The van der Waals surface area contributed by atoms with Gasteiger partial charge in [-0.15, -0.1) is 0 Å². The van der Waals surface area contributed by atoms with Crippen LogP contribution in [-0.2, 0) is 0 Å². The minimum atomic E-state index is -1.64. The fourth-order valence-electron chi connectivity index (χ4n) is 5.93. The second-order valence-electron chi connectivity index (χ2n) is 9.59. The second kappa shape index (κ2) is 9.87. The summed E-state index contributed by atoms with van der Waals surface area (Å²) in [5, 5.41) is 28.6. The lowest BCUT2D eigenvalue weighted by Gasteiger charge is -2.39. The summed E-state index contributed by atoms with van der Waals surface area (Å²) in [6.45, 7) is 0.575. The molecule has 10 nitrogen and oxygen atoms in total. The Balaban J connectivity index is 1.53. The van der Waals surface area contributed by atoms with Crippen LogP contribution in [0.25, 0.3) is 0 Å². The van der Waals surface area contributed by atoms with Crippen molar-refractivity contribution in [1.29, 1.82) is 0 Å². The summed E-state index contributed by atoms with van der Waals surface area (Å²) < 4.78 is 33.5. The lowest BCUT2D eigenvalue weighted by Crippen LogP contribution is -2.43. The van der Waals surface area contributed by atoms with Crippen LogP contribution in [0.15, 0.2) is 53.6 Å². The number of ether oxygens (including phenoxy) is 6. The summed E-state index contributed by atoms with van der Waals surface area (Å²) in [6.07, 6.45) is -1.64. The van der Waals surface area contributed by atoms with Crippen LogP contribution in [0.3, 0.4) is 0 Å². The molecule has 0 aromatic heterocycles. The number of nitrogens with zero attached hydrogens (tertiary/aromatic N) is 2. The highest BCUT2D eigenvalue weighted by molar-refractivity contribution is 6.08. The van der Waals surface area contributed by atoms with E-state index in [-0.39, 0.29) is 12.7 Å². The van der Waals surface area contributed by atoms with Crippen molar-refractivity contribution in [1.82, 2.24) is 0 Å². The molecule has 2 heterocycles. The van der Waals surface area contributed by atoms with Gasteiger partial charge in [0.2, 0.25) is 12.5 Å². The number of methoxy groups -OCH3 is 4. The SMILES string of the molecule is COc1ccc(N2C[C@@H]3C(=N2)c2cc4c(cc2[C@@H](c2cc(OC)c(OC)c(OC)c2)[C@H]3C(O)O)OCO4)cc1. The first-order valence-electron chi connectivity index (χ1n) is 12.6. The standard InChI is InChI=1S/C29H30N2O8/c1-34-17-7-5-16(6-8-17)31-13-20-26(29(32)33)25(15-9-23(35-2)28(37-4)24(10-15)36-3)18-11-21-22(39-14-38-21)12-19(18)27(20)30-31/h5-12,20,25-26,29,32-33H,13-14H2,1-4H3/t20-,25+,26-/m0/s1. The molecule has 39 heavy (non-hydrogen) atoms. The van der Waals surface area contributed by atoms with Gasteiger partial charge in [0.05, 0.1) is 46.4 Å².